The molecule has 0 atom stereocenters. The van der Waals surface area contributed by atoms with Crippen molar-refractivity contribution in [2.45, 2.75) is 6.54 Å². The lowest BCUT2D eigenvalue weighted by molar-refractivity contribution is 0.984. The van der Waals surface area contributed by atoms with Crippen molar-refractivity contribution in [2.75, 3.05) is 11.1 Å². The molecular formula is C13H13N5S. The first-order chi connectivity index (χ1) is 9.34. The third kappa shape index (κ3) is 2.43. The Hall–Kier alpha value is -2.34. The van der Waals surface area contributed by atoms with E-state index >= 15 is 0 Å². The lowest BCUT2D eigenvalue weighted by atomic mass is 10.1. The van der Waals surface area contributed by atoms with Crippen molar-refractivity contribution < 1.29 is 0 Å². The van der Waals surface area contributed by atoms with Gasteiger partial charge in [0.05, 0.1) is 17.8 Å². The van der Waals surface area contributed by atoms with Crippen LogP contribution in [0, 0.1) is 0 Å². The van der Waals surface area contributed by atoms with Gasteiger partial charge in [0.25, 0.3) is 0 Å². The summed E-state index contributed by atoms with van der Waals surface area (Å²) in [6, 6.07) is 12.0. The number of hydrogen-bond acceptors (Lipinski definition) is 5. The first kappa shape index (κ1) is 11.7. The van der Waals surface area contributed by atoms with E-state index in [1.807, 2.05) is 36.4 Å². The summed E-state index contributed by atoms with van der Waals surface area (Å²) in [4.78, 5) is 0. The number of benzene rings is 1. The number of nitrogen functional groups attached to an aromatic ring is 1. The molecule has 0 unspecified atom stereocenters. The fraction of sp³-hybridized carbons (Fsp3) is 0.0769. The molecule has 5 nitrogen and oxygen atoms in total. The highest BCUT2D eigenvalue weighted by Gasteiger charge is 2.13. The van der Waals surface area contributed by atoms with Crippen molar-refractivity contribution in [2.24, 2.45) is 0 Å². The molecule has 0 radical (unpaired) electrons. The summed E-state index contributed by atoms with van der Waals surface area (Å²) in [7, 11) is 0. The second-order valence-corrected chi connectivity index (χ2v) is 4.85. The van der Waals surface area contributed by atoms with Gasteiger partial charge in [0.15, 0.2) is 0 Å². The number of anilines is 2. The van der Waals surface area contributed by atoms with E-state index in [1.54, 1.807) is 6.20 Å². The SMILES string of the molecule is Nc1nsc(NCc2ccn[nH]2)c1-c1ccccc1. The van der Waals surface area contributed by atoms with Crippen LogP contribution in [0.2, 0.25) is 0 Å². The van der Waals surface area contributed by atoms with Crippen LogP contribution in [0.15, 0.2) is 42.6 Å². The van der Waals surface area contributed by atoms with Gasteiger partial charge in [-0.15, -0.1) is 0 Å². The summed E-state index contributed by atoms with van der Waals surface area (Å²) in [5.74, 6) is 0.559. The molecule has 6 heteroatoms. The number of rotatable bonds is 4. The average Bonchev–Trinajstić information content (AvgIpc) is 3.07. The third-order valence-electron chi connectivity index (χ3n) is 2.78. The fourth-order valence-corrected chi connectivity index (χ4v) is 2.60. The highest BCUT2D eigenvalue weighted by atomic mass is 32.1. The predicted octanol–water partition coefficient (Wildman–Crippen LogP) is 2.73. The smallest absolute Gasteiger partial charge is 0.147 e. The molecule has 1 aromatic carbocycles. The number of aromatic amines is 1. The maximum Gasteiger partial charge on any atom is 0.147 e. The molecule has 3 aromatic rings. The van der Waals surface area contributed by atoms with Gasteiger partial charge >= 0.3 is 0 Å². The van der Waals surface area contributed by atoms with Crippen molar-refractivity contribution in [3.05, 3.63) is 48.3 Å². The zero-order chi connectivity index (χ0) is 13.1. The summed E-state index contributed by atoms with van der Waals surface area (Å²) >= 11 is 1.37. The van der Waals surface area contributed by atoms with Crippen molar-refractivity contribution >= 4 is 22.4 Å². The third-order valence-corrected chi connectivity index (χ3v) is 3.60. The summed E-state index contributed by atoms with van der Waals surface area (Å²) in [5, 5.41) is 11.1. The molecular weight excluding hydrogens is 258 g/mol. The zero-order valence-corrected chi connectivity index (χ0v) is 10.9. The van der Waals surface area contributed by atoms with Gasteiger partial charge < -0.3 is 11.1 Å². The zero-order valence-electron chi connectivity index (χ0n) is 10.1. The lowest BCUT2D eigenvalue weighted by Gasteiger charge is -2.06. The highest BCUT2D eigenvalue weighted by molar-refractivity contribution is 7.11. The average molecular weight is 271 g/mol. The van der Waals surface area contributed by atoms with Crippen molar-refractivity contribution in [1.82, 2.24) is 14.6 Å². The molecule has 3 rings (SSSR count). The van der Waals surface area contributed by atoms with Crippen molar-refractivity contribution in [3.8, 4) is 11.1 Å². The Morgan fingerprint density at radius 2 is 2.05 bits per heavy atom. The molecule has 2 aromatic heterocycles. The van der Waals surface area contributed by atoms with Crippen LogP contribution in [-0.4, -0.2) is 14.6 Å². The quantitative estimate of drug-likeness (QED) is 0.681. The van der Waals surface area contributed by atoms with Crippen molar-refractivity contribution in [1.29, 1.82) is 0 Å². The Morgan fingerprint density at radius 1 is 1.21 bits per heavy atom. The Bertz CT molecular complexity index is 645. The summed E-state index contributed by atoms with van der Waals surface area (Å²) in [6.07, 6.45) is 1.73. The Balaban J connectivity index is 1.87. The number of nitrogens with two attached hydrogens (primary N) is 1. The monoisotopic (exact) mass is 271 g/mol. The largest absolute Gasteiger partial charge is 0.382 e. The van der Waals surface area contributed by atoms with Gasteiger partial charge in [-0.05, 0) is 23.2 Å². The van der Waals surface area contributed by atoms with Gasteiger partial charge in [-0.1, -0.05) is 30.3 Å². The normalized spacial score (nSPS) is 10.5. The van der Waals surface area contributed by atoms with Crippen LogP contribution < -0.4 is 11.1 Å². The molecule has 0 amide bonds. The van der Waals surface area contributed by atoms with Crippen LogP contribution in [0.3, 0.4) is 0 Å². The standard InChI is InChI=1S/C13H13N5S/c14-12-11(9-4-2-1-3-5-9)13(19-18-12)15-8-10-6-7-16-17-10/h1-7,15H,8H2,(H2,14,18)(H,16,17). The molecule has 0 aliphatic rings. The minimum Gasteiger partial charge on any atom is -0.382 e. The van der Waals surface area contributed by atoms with Gasteiger partial charge in [-0.2, -0.15) is 9.47 Å². The summed E-state index contributed by atoms with van der Waals surface area (Å²) < 4.78 is 4.22. The topological polar surface area (TPSA) is 79.6 Å². The van der Waals surface area contributed by atoms with Crippen LogP contribution in [0.5, 0.6) is 0 Å². The van der Waals surface area contributed by atoms with Gasteiger partial charge in [0.2, 0.25) is 0 Å². The maximum atomic E-state index is 5.96. The number of nitrogens with zero attached hydrogens (tertiary/aromatic N) is 2. The molecule has 0 bridgehead atoms. The molecule has 0 aliphatic heterocycles. The summed E-state index contributed by atoms with van der Waals surface area (Å²) in [5.41, 5.74) is 9.01. The molecule has 2 heterocycles. The summed E-state index contributed by atoms with van der Waals surface area (Å²) in [6.45, 7) is 0.668. The van der Waals surface area contributed by atoms with E-state index in [4.69, 9.17) is 5.73 Å². The second kappa shape index (κ2) is 5.11. The van der Waals surface area contributed by atoms with Gasteiger partial charge in [0.1, 0.15) is 10.8 Å². The van der Waals surface area contributed by atoms with Gasteiger partial charge in [-0.25, -0.2) is 0 Å². The Labute approximate surface area is 114 Å². The van der Waals surface area contributed by atoms with E-state index in [1.165, 1.54) is 11.5 Å². The minimum atomic E-state index is 0.559. The Kier molecular flexibility index (Phi) is 3.16. The van der Waals surface area contributed by atoms with E-state index in [-0.39, 0.29) is 0 Å². The molecule has 0 saturated heterocycles. The molecule has 0 spiro atoms. The number of aromatic nitrogens is 3. The predicted molar refractivity (Wildman–Crippen MR) is 77.9 cm³/mol. The molecule has 96 valence electrons. The van der Waals surface area contributed by atoms with Crippen LogP contribution >= 0.6 is 11.5 Å². The van der Waals surface area contributed by atoms with E-state index in [0.29, 0.717) is 12.4 Å². The second-order valence-electron chi connectivity index (χ2n) is 4.07. The molecule has 4 N–H and O–H groups in total. The maximum absolute atomic E-state index is 5.96. The first-order valence-electron chi connectivity index (χ1n) is 5.87. The van der Waals surface area contributed by atoms with Gasteiger partial charge in [-0.3, -0.25) is 5.10 Å². The van der Waals surface area contributed by atoms with Crippen LogP contribution in [0.1, 0.15) is 5.69 Å². The van der Waals surface area contributed by atoms with E-state index < -0.39 is 0 Å². The van der Waals surface area contributed by atoms with E-state index in [9.17, 15) is 0 Å². The van der Waals surface area contributed by atoms with Crippen LogP contribution in [0.4, 0.5) is 10.8 Å². The molecule has 19 heavy (non-hydrogen) atoms. The number of nitrogens with one attached hydrogen (secondary N) is 2. The molecule has 0 aliphatic carbocycles. The van der Waals surface area contributed by atoms with Crippen LogP contribution in [-0.2, 0) is 6.54 Å². The molecule has 0 fully saturated rings. The van der Waals surface area contributed by atoms with Crippen LogP contribution in [0.25, 0.3) is 11.1 Å². The first-order valence-corrected chi connectivity index (χ1v) is 6.64. The number of hydrogen-bond donors (Lipinski definition) is 3. The van der Waals surface area contributed by atoms with Gasteiger partial charge in [0, 0.05) is 6.20 Å². The highest BCUT2D eigenvalue weighted by Crippen LogP contribution is 2.36. The Morgan fingerprint density at radius 3 is 2.79 bits per heavy atom. The van der Waals surface area contributed by atoms with E-state index in [2.05, 4.69) is 19.9 Å². The lowest BCUT2D eigenvalue weighted by Crippen LogP contribution is -1.99. The molecule has 0 saturated carbocycles. The number of H-pyrrole nitrogens is 1. The fourth-order valence-electron chi connectivity index (χ4n) is 1.87. The van der Waals surface area contributed by atoms with Crippen molar-refractivity contribution in [3.63, 3.8) is 0 Å². The van der Waals surface area contributed by atoms with E-state index in [0.717, 1.165) is 21.8 Å². The minimum absolute atomic E-state index is 0.559.